The lowest BCUT2D eigenvalue weighted by Gasteiger charge is -2.27. The molecule has 1 fully saturated rings. The van der Waals surface area contributed by atoms with E-state index in [4.69, 9.17) is 22.1 Å². The smallest absolute Gasteiger partial charge is 0.230 e. The van der Waals surface area contributed by atoms with Crippen LogP contribution in [0.15, 0.2) is 48.5 Å². The van der Waals surface area contributed by atoms with Gasteiger partial charge >= 0.3 is 0 Å². The molecule has 1 aliphatic rings. The monoisotopic (exact) mass is 452 g/mol. The zero-order valence-electron chi connectivity index (χ0n) is 19.4. The number of para-hydroxylation sites is 1. The maximum Gasteiger partial charge on any atom is 0.230 e. The highest BCUT2D eigenvalue weighted by molar-refractivity contribution is 7.71. The number of aromatic nitrogens is 3. The Kier molecular flexibility index (Phi) is 6.93. The Morgan fingerprint density at radius 2 is 1.69 bits per heavy atom. The number of nitrogens with zero attached hydrogens (tertiary/aromatic N) is 6. The number of aryl methyl sites for hydroxylation is 1. The van der Waals surface area contributed by atoms with Crippen molar-refractivity contribution in [1.82, 2.24) is 19.2 Å². The van der Waals surface area contributed by atoms with E-state index in [1.54, 1.807) is 0 Å². The summed E-state index contributed by atoms with van der Waals surface area (Å²) in [4.78, 5) is 6.61. The molecule has 1 saturated heterocycles. The van der Waals surface area contributed by atoms with Gasteiger partial charge in [-0.15, -0.1) is 5.10 Å². The molecule has 7 nitrogen and oxygen atoms in total. The molecule has 0 aliphatic carbocycles. The van der Waals surface area contributed by atoms with E-state index < -0.39 is 0 Å². The van der Waals surface area contributed by atoms with E-state index in [0.29, 0.717) is 24.7 Å². The van der Waals surface area contributed by atoms with E-state index in [9.17, 15) is 0 Å². The fourth-order valence-electron chi connectivity index (χ4n) is 3.97. The Morgan fingerprint density at radius 3 is 2.34 bits per heavy atom. The molecule has 0 radical (unpaired) electrons. The van der Waals surface area contributed by atoms with Gasteiger partial charge in [0.25, 0.3) is 0 Å². The molecular formula is C24H32N6OS. The number of rotatable bonds is 7. The van der Waals surface area contributed by atoms with Crippen molar-refractivity contribution in [2.45, 2.75) is 20.1 Å². The minimum absolute atomic E-state index is 0.616. The van der Waals surface area contributed by atoms with Gasteiger partial charge in [-0.25, -0.2) is 4.68 Å². The summed E-state index contributed by atoms with van der Waals surface area (Å²) < 4.78 is 10.3. The minimum atomic E-state index is 0.616. The van der Waals surface area contributed by atoms with Gasteiger partial charge in [0.2, 0.25) is 10.7 Å². The van der Waals surface area contributed by atoms with Gasteiger partial charge in [-0.3, -0.25) is 9.47 Å². The van der Waals surface area contributed by atoms with Gasteiger partial charge in [-0.05, 0) is 55.5 Å². The number of hydrogen-bond donors (Lipinski definition) is 0. The lowest BCUT2D eigenvalue weighted by atomic mass is 10.2. The average molecular weight is 453 g/mol. The second kappa shape index (κ2) is 9.85. The van der Waals surface area contributed by atoms with Crippen LogP contribution in [0.4, 0.5) is 11.6 Å². The fourth-order valence-corrected chi connectivity index (χ4v) is 4.25. The quantitative estimate of drug-likeness (QED) is 0.509. The SMILES string of the molecule is Cc1ccccc1-n1c(N2CCOCC2)nn(CN(C)Cc2ccc(N(C)C)cc2)c1=S. The first kappa shape index (κ1) is 22.5. The van der Waals surface area contributed by atoms with E-state index in [-0.39, 0.29) is 0 Å². The average Bonchev–Trinajstić information content (AvgIpc) is 3.11. The predicted octanol–water partition coefficient (Wildman–Crippen LogP) is 3.70. The largest absolute Gasteiger partial charge is 0.378 e. The third kappa shape index (κ3) is 4.87. The zero-order valence-corrected chi connectivity index (χ0v) is 20.2. The van der Waals surface area contributed by atoms with Crippen LogP contribution >= 0.6 is 12.2 Å². The Hall–Kier alpha value is -2.68. The highest BCUT2D eigenvalue weighted by Crippen LogP contribution is 2.23. The predicted molar refractivity (Wildman–Crippen MR) is 132 cm³/mol. The molecule has 0 saturated carbocycles. The highest BCUT2D eigenvalue weighted by Gasteiger charge is 2.22. The van der Waals surface area contributed by atoms with Crippen LogP contribution in [-0.4, -0.2) is 66.7 Å². The molecule has 0 atom stereocenters. The molecule has 32 heavy (non-hydrogen) atoms. The first-order valence-corrected chi connectivity index (χ1v) is 11.4. The summed E-state index contributed by atoms with van der Waals surface area (Å²) in [5.41, 5.74) is 4.71. The molecule has 2 heterocycles. The maximum absolute atomic E-state index is 5.93. The van der Waals surface area contributed by atoms with Crippen LogP contribution in [0, 0.1) is 11.7 Å². The summed E-state index contributed by atoms with van der Waals surface area (Å²) >= 11 is 5.93. The molecule has 0 spiro atoms. The van der Waals surface area contributed by atoms with Gasteiger partial charge in [-0.1, -0.05) is 30.3 Å². The van der Waals surface area contributed by atoms with E-state index in [1.807, 2.05) is 10.7 Å². The molecule has 2 aromatic carbocycles. The molecule has 8 heteroatoms. The molecule has 4 rings (SSSR count). The summed E-state index contributed by atoms with van der Waals surface area (Å²) in [7, 11) is 6.21. The molecule has 0 bridgehead atoms. The number of hydrogen-bond acceptors (Lipinski definition) is 6. The van der Waals surface area contributed by atoms with Crippen LogP contribution in [0.5, 0.6) is 0 Å². The van der Waals surface area contributed by atoms with Crippen LogP contribution < -0.4 is 9.80 Å². The van der Waals surface area contributed by atoms with Crippen LogP contribution in [0.25, 0.3) is 5.69 Å². The molecule has 0 unspecified atom stereocenters. The van der Waals surface area contributed by atoms with Gasteiger partial charge in [-0.2, -0.15) is 0 Å². The Labute approximate surface area is 195 Å². The normalized spacial score (nSPS) is 14.2. The second-order valence-corrected chi connectivity index (χ2v) is 8.89. The first-order chi connectivity index (χ1) is 15.4. The number of ether oxygens (including phenoxy) is 1. The van der Waals surface area contributed by atoms with Crippen molar-refractivity contribution in [2.75, 3.05) is 57.2 Å². The van der Waals surface area contributed by atoms with Crippen LogP contribution in [-0.2, 0) is 18.0 Å². The molecule has 0 N–H and O–H groups in total. The van der Waals surface area contributed by atoms with Gasteiger partial charge in [0.05, 0.1) is 25.6 Å². The lowest BCUT2D eigenvalue weighted by Crippen LogP contribution is -2.38. The van der Waals surface area contributed by atoms with Crippen molar-refractivity contribution >= 4 is 23.9 Å². The lowest BCUT2D eigenvalue weighted by molar-refractivity contribution is 0.121. The van der Waals surface area contributed by atoms with Gasteiger partial charge < -0.3 is 14.5 Å². The van der Waals surface area contributed by atoms with E-state index in [0.717, 1.165) is 31.3 Å². The van der Waals surface area contributed by atoms with Crippen molar-refractivity contribution < 1.29 is 4.74 Å². The summed E-state index contributed by atoms with van der Waals surface area (Å²) in [5, 5.41) is 4.97. The highest BCUT2D eigenvalue weighted by atomic mass is 32.1. The summed E-state index contributed by atoms with van der Waals surface area (Å²) in [5.74, 6) is 0.885. The molecule has 170 valence electrons. The van der Waals surface area contributed by atoms with E-state index >= 15 is 0 Å². The molecule has 1 aromatic heterocycles. The summed E-state index contributed by atoms with van der Waals surface area (Å²) in [6.07, 6.45) is 0. The van der Waals surface area contributed by atoms with Crippen molar-refractivity contribution in [2.24, 2.45) is 0 Å². The third-order valence-electron chi connectivity index (χ3n) is 5.75. The maximum atomic E-state index is 5.93. The third-order valence-corrected chi connectivity index (χ3v) is 6.15. The Morgan fingerprint density at radius 1 is 1.00 bits per heavy atom. The zero-order chi connectivity index (χ0) is 22.7. The fraction of sp³-hybridized carbons (Fsp3) is 0.417. The van der Waals surface area contributed by atoms with E-state index in [1.165, 1.54) is 16.8 Å². The van der Waals surface area contributed by atoms with Gasteiger partial charge in [0.1, 0.15) is 0 Å². The Balaban J connectivity index is 1.61. The van der Waals surface area contributed by atoms with Crippen molar-refractivity contribution in [1.29, 1.82) is 0 Å². The molecular weight excluding hydrogens is 420 g/mol. The van der Waals surface area contributed by atoms with Crippen LogP contribution in [0.1, 0.15) is 11.1 Å². The standard InChI is InChI=1S/C24H32N6OS/c1-19-7-5-6-8-22(19)30-23(28-13-15-31-16-14-28)25-29(24(30)32)18-27(4)17-20-9-11-21(12-10-20)26(2)3/h5-12H,13-18H2,1-4H3. The van der Waals surface area contributed by atoms with Gasteiger partial charge in [0, 0.05) is 39.4 Å². The number of anilines is 2. The first-order valence-electron chi connectivity index (χ1n) is 11.0. The van der Waals surface area contributed by atoms with Crippen LogP contribution in [0.2, 0.25) is 0 Å². The molecule has 1 aliphatic heterocycles. The van der Waals surface area contributed by atoms with Gasteiger partial charge in [0.15, 0.2) is 0 Å². The van der Waals surface area contributed by atoms with Crippen molar-refractivity contribution in [3.63, 3.8) is 0 Å². The molecule has 0 amide bonds. The summed E-state index contributed by atoms with van der Waals surface area (Å²) in [6, 6.07) is 17.0. The minimum Gasteiger partial charge on any atom is -0.378 e. The number of benzene rings is 2. The van der Waals surface area contributed by atoms with Crippen molar-refractivity contribution in [3.05, 3.63) is 64.4 Å². The Bertz CT molecular complexity index is 1100. The number of morpholine rings is 1. The summed E-state index contributed by atoms with van der Waals surface area (Å²) in [6.45, 7) is 6.58. The van der Waals surface area contributed by atoms with Crippen LogP contribution in [0.3, 0.4) is 0 Å². The van der Waals surface area contributed by atoms with Crippen molar-refractivity contribution in [3.8, 4) is 5.69 Å². The molecule has 3 aromatic rings. The topological polar surface area (TPSA) is 41.7 Å². The van der Waals surface area contributed by atoms with E-state index in [2.05, 4.69) is 89.8 Å². The second-order valence-electron chi connectivity index (χ2n) is 8.52.